The number of morpholine rings is 1. The van der Waals surface area contributed by atoms with Crippen LogP contribution in [0.1, 0.15) is 44.3 Å². The van der Waals surface area contributed by atoms with Crippen molar-refractivity contribution in [2.24, 2.45) is 0 Å². The van der Waals surface area contributed by atoms with Gasteiger partial charge in [0.05, 0.1) is 14.0 Å². The number of hydrogen-bond donors (Lipinski definition) is 0. The summed E-state index contributed by atoms with van der Waals surface area (Å²) in [5.41, 5.74) is -0.810. The Morgan fingerprint density at radius 3 is 2.75 bits per heavy atom. The summed E-state index contributed by atoms with van der Waals surface area (Å²) in [5.74, 6) is 0. The Morgan fingerprint density at radius 1 is 1.54 bits per heavy atom. The van der Waals surface area contributed by atoms with E-state index in [1.165, 1.54) is 0 Å². The Kier molecular flexibility index (Phi) is 5.68. The van der Waals surface area contributed by atoms with Gasteiger partial charge < -0.3 is 18.6 Å². The van der Waals surface area contributed by atoms with Crippen molar-refractivity contribution in [1.29, 1.82) is 0 Å². The second-order valence-corrected chi connectivity index (χ2v) is 8.49. The molecule has 0 radical (unpaired) electrons. The Labute approximate surface area is 151 Å². The van der Waals surface area contributed by atoms with E-state index in [9.17, 15) is 0 Å². The molecule has 6 nitrogen and oxygen atoms in total. The Balaban J connectivity index is 2.27. The quantitative estimate of drug-likeness (QED) is 0.378. The number of fused-ring (bicyclic) bond motifs is 2. The molecule has 2 fully saturated rings. The van der Waals surface area contributed by atoms with Gasteiger partial charge in [0.25, 0.3) is 8.53 Å². The van der Waals surface area contributed by atoms with Crippen LogP contribution in [0.25, 0.3) is 4.85 Å². The van der Waals surface area contributed by atoms with Gasteiger partial charge in [0.15, 0.2) is 0 Å². The molecular formula is C17H32N3O3P. The van der Waals surface area contributed by atoms with E-state index in [0.29, 0.717) is 6.61 Å². The number of nitrogens with zero attached hydrogens (tertiary/aromatic N) is 3. The van der Waals surface area contributed by atoms with Crippen LogP contribution in [0.3, 0.4) is 0 Å². The maximum absolute atomic E-state index is 8.27. The van der Waals surface area contributed by atoms with Crippen molar-refractivity contribution >= 4 is 8.53 Å². The first-order valence-corrected chi connectivity index (χ1v) is 9.66. The summed E-state index contributed by atoms with van der Waals surface area (Å²) in [7, 11) is 0.553. The summed E-state index contributed by atoms with van der Waals surface area (Å²) in [6.07, 6.45) is -0.387. The molecule has 0 aromatic heterocycles. The molecule has 138 valence electrons. The second-order valence-electron chi connectivity index (χ2n) is 7.09. The van der Waals surface area contributed by atoms with Crippen LogP contribution in [0.2, 0.25) is 0 Å². The van der Waals surface area contributed by atoms with E-state index >= 15 is 0 Å². The third-order valence-electron chi connectivity index (χ3n) is 4.86. The maximum Gasteiger partial charge on any atom is 0.259 e. The van der Waals surface area contributed by atoms with Crippen LogP contribution in [-0.4, -0.2) is 72.2 Å². The normalized spacial score (nSPS) is 38.7. The van der Waals surface area contributed by atoms with Gasteiger partial charge in [-0.25, -0.2) is 11.2 Å². The van der Waals surface area contributed by atoms with Gasteiger partial charge in [0.2, 0.25) is 6.54 Å². The molecule has 2 aliphatic heterocycles. The van der Waals surface area contributed by atoms with E-state index in [-0.39, 0.29) is 43.7 Å². The van der Waals surface area contributed by atoms with Crippen LogP contribution in [0.4, 0.5) is 0 Å². The van der Waals surface area contributed by atoms with Gasteiger partial charge in [0, 0.05) is 19.5 Å². The van der Waals surface area contributed by atoms with Crippen molar-refractivity contribution in [3.8, 4) is 0 Å². The fourth-order valence-corrected chi connectivity index (χ4v) is 5.20. The Hall–Kier alpha value is -0.280. The molecule has 24 heavy (non-hydrogen) atoms. The number of likely N-dealkylation sites (tertiary alicyclic amines) is 1. The van der Waals surface area contributed by atoms with Gasteiger partial charge in [0.1, 0.15) is 18.3 Å². The monoisotopic (exact) mass is 360 g/mol. The lowest BCUT2D eigenvalue weighted by Gasteiger charge is -2.38. The van der Waals surface area contributed by atoms with Crippen LogP contribution in [0.15, 0.2) is 0 Å². The minimum Gasteiger partial charge on any atom is -0.369 e. The molecule has 0 amide bonds. The van der Waals surface area contributed by atoms with Crippen molar-refractivity contribution < 1.29 is 16.5 Å². The van der Waals surface area contributed by atoms with E-state index in [2.05, 4.69) is 42.1 Å². The third kappa shape index (κ3) is 3.62. The molecule has 0 aromatic carbocycles. The molecule has 2 rings (SSSR count). The first kappa shape index (κ1) is 17.1. The van der Waals surface area contributed by atoms with Gasteiger partial charge in [-0.3, -0.25) is 4.90 Å². The molecule has 6 atom stereocenters. The Morgan fingerprint density at radius 2 is 2.21 bits per heavy atom. The highest BCUT2D eigenvalue weighted by atomic mass is 31.2. The fourth-order valence-electron chi connectivity index (χ4n) is 3.41. The first-order valence-electron chi connectivity index (χ1n) is 9.82. The van der Waals surface area contributed by atoms with E-state index < -0.39 is 20.7 Å². The zero-order valence-electron chi connectivity index (χ0n) is 17.6. The molecule has 2 bridgehead atoms. The predicted molar refractivity (Wildman–Crippen MR) is 96.7 cm³/mol. The zero-order valence-corrected chi connectivity index (χ0v) is 16.5. The van der Waals surface area contributed by atoms with Crippen molar-refractivity contribution in [2.45, 2.75) is 77.4 Å². The topological polar surface area (TPSA) is 38.5 Å². The van der Waals surface area contributed by atoms with E-state index in [0.717, 1.165) is 0 Å². The summed E-state index contributed by atoms with van der Waals surface area (Å²) in [6.45, 7) is 17.3. The minimum atomic E-state index is -1.42. The summed E-state index contributed by atoms with van der Waals surface area (Å²) in [5, 5.41) is 0. The first-order chi connectivity index (χ1) is 12.2. The number of hydrogen-bond acceptors (Lipinski definition) is 5. The lowest BCUT2D eigenvalue weighted by Crippen LogP contribution is -2.47. The Bertz CT molecular complexity index is 514. The molecule has 0 saturated carbocycles. The van der Waals surface area contributed by atoms with Crippen LogP contribution < -0.4 is 0 Å². The van der Waals surface area contributed by atoms with Crippen molar-refractivity contribution in [1.82, 2.24) is 9.57 Å². The molecular weight excluding hydrogens is 325 g/mol. The molecule has 2 saturated heterocycles. The zero-order chi connectivity index (χ0) is 19.6. The summed E-state index contributed by atoms with van der Waals surface area (Å²) < 4.78 is 37.0. The summed E-state index contributed by atoms with van der Waals surface area (Å²) >= 11 is 0. The van der Waals surface area contributed by atoms with Crippen LogP contribution in [-0.2, 0) is 13.8 Å². The van der Waals surface area contributed by atoms with E-state index in [1.807, 2.05) is 14.0 Å². The molecule has 7 heteroatoms. The lowest BCUT2D eigenvalue weighted by atomic mass is 9.96. The molecule has 2 heterocycles. The molecule has 2 aliphatic rings. The van der Waals surface area contributed by atoms with Gasteiger partial charge in [-0.1, -0.05) is 0 Å². The van der Waals surface area contributed by atoms with Crippen LogP contribution in [0.5, 0.6) is 0 Å². The molecule has 0 N–H and O–H groups in total. The molecule has 0 spiro atoms. The molecule has 1 unspecified atom stereocenters. The van der Waals surface area contributed by atoms with E-state index in [1.54, 1.807) is 0 Å². The molecule has 0 aromatic rings. The summed E-state index contributed by atoms with van der Waals surface area (Å²) in [6, 6.07) is 0.208. The van der Waals surface area contributed by atoms with Gasteiger partial charge >= 0.3 is 0 Å². The average molecular weight is 360 g/mol. The largest absolute Gasteiger partial charge is 0.369 e. The molecule has 0 aliphatic carbocycles. The number of rotatable bonds is 8. The van der Waals surface area contributed by atoms with Crippen molar-refractivity contribution in [3.05, 3.63) is 11.4 Å². The average Bonchev–Trinajstić information content (AvgIpc) is 2.94. The lowest BCUT2D eigenvalue weighted by molar-refractivity contribution is -0.0778. The van der Waals surface area contributed by atoms with Gasteiger partial charge in [-0.15, -0.1) is 0 Å². The number of ether oxygens (including phenoxy) is 1. The third-order valence-corrected chi connectivity index (χ3v) is 6.97. The van der Waals surface area contributed by atoms with E-state index in [4.69, 9.17) is 23.1 Å². The number of likely N-dealkylation sites (N-methyl/N-ethyl adjacent to an activating group) is 1. The van der Waals surface area contributed by atoms with Gasteiger partial charge in [-0.2, -0.15) is 0 Å². The summed E-state index contributed by atoms with van der Waals surface area (Å²) in [4.78, 5) is 5.46. The maximum atomic E-state index is 8.27. The second kappa shape index (κ2) is 7.95. The predicted octanol–water partition coefficient (Wildman–Crippen LogP) is 3.14. The SMILES string of the molecule is [2H]C[C@@]12O[C@H]([3H])[C@@H]([C@@H]1OP(OCC[N+]#[C-])N(C(C)C)C(C)C)N(C)[C@@H]2C. The van der Waals surface area contributed by atoms with Crippen molar-refractivity contribution in [3.63, 3.8) is 0 Å². The van der Waals surface area contributed by atoms with Crippen molar-refractivity contribution in [2.75, 3.05) is 26.8 Å². The minimum absolute atomic E-state index is 0.00300. The van der Waals surface area contributed by atoms with Crippen LogP contribution in [0, 0.1) is 6.57 Å². The van der Waals surface area contributed by atoms with Crippen LogP contribution >= 0.6 is 8.53 Å². The smallest absolute Gasteiger partial charge is 0.259 e. The highest BCUT2D eigenvalue weighted by Gasteiger charge is 2.61. The highest BCUT2D eigenvalue weighted by Crippen LogP contribution is 2.53. The highest BCUT2D eigenvalue weighted by molar-refractivity contribution is 7.44. The fraction of sp³-hybridized carbons (Fsp3) is 0.941. The standard InChI is InChI=1S/C17H32N3O3P/c1-12(2)20(13(3)4)24(22-10-9-18-7)23-16-15-11-21-17(16,6)14(5)19(15)8/h12-16H,9-11H2,1-6,8H3/t14-,15+,16+,17+,24?/m1/s1/i6D,11T/t11-,14-,15+,16+,17+,24?. The van der Waals surface area contributed by atoms with Gasteiger partial charge in [-0.05, 0) is 48.6 Å².